The van der Waals surface area contributed by atoms with Crippen LogP contribution in [0.2, 0.25) is 0 Å². The van der Waals surface area contributed by atoms with Crippen LogP contribution in [0.4, 0.5) is 0 Å². The van der Waals surface area contributed by atoms with Gasteiger partial charge in [0.15, 0.2) is 0 Å². The highest BCUT2D eigenvalue weighted by molar-refractivity contribution is 6.06. The molecule has 2 heterocycles. The van der Waals surface area contributed by atoms with Crippen LogP contribution in [0.25, 0.3) is 0 Å². The molecule has 0 aromatic rings. The van der Waals surface area contributed by atoms with E-state index >= 15 is 0 Å². The third-order valence-corrected chi connectivity index (χ3v) is 4.37. The van der Waals surface area contributed by atoms with Gasteiger partial charge in [0.25, 0.3) is 0 Å². The molecule has 5 nitrogen and oxygen atoms in total. The minimum atomic E-state index is -0.271. The minimum Gasteiger partial charge on any atom is -0.304 e. The maximum atomic E-state index is 12.1. The fourth-order valence-corrected chi connectivity index (χ4v) is 3.04. The highest BCUT2D eigenvalue weighted by Gasteiger charge is 2.46. The molecule has 18 heavy (non-hydrogen) atoms. The highest BCUT2D eigenvalue weighted by atomic mass is 16.2. The molecule has 100 valence electrons. The first-order valence-corrected chi connectivity index (χ1v) is 6.96. The molecule has 0 radical (unpaired) electrons. The van der Waals surface area contributed by atoms with Crippen molar-refractivity contribution >= 4 is 11.8 Å². The molecule has 3 fully saturated rings. The van der Waals surface area contributed by atoms with Gasteiger partial charge in [-0.2, -0.15) is 0 Å². The molecule has 3 rings (SSSR count). The van der Waals surface area contributed by atoms with E-state index in [9.17, 15) is 9.59 Å². The standard InChI is InChI=1S/C13H21N3O2/c1-15-6-2-3-10(15)8-14-11-7-12(17)16(13(11)18)9-4-5-9/h9-11,14H,2-8H2,1H3. The van der Waals surface area contributed by atoms with Crippen molar-refractivity contribution < 1.29 is 9.59 Å². The van der Waals surface area contributed by atoms with Crippen molar-refractivity contribution in [1.29, 1.82) is 0 Å². The monoisotopic (exact) mass is 251 g/mol. The summed E-state index contributed by atoms with van der Waals surface area (Å²) in [6.07, 6.45) is 4.76. The zero-order chi connectivity index (χ0) is 12.7. The van der Waals surface area contributed by atoms with Crippen molar-refractivity contribution in [3.8, 4) is 0 Å². The van der Waals surface area contributed by atoms with Crippen LogP contribution in [0.3, 0.4) is 0 Å². The fourth-order valence-electron chi connectivity index (χ4n) is 3.04. The normalized spacial score (nSPS) is 33.7. The Labute approximate surface area is 107 Å². The number of rotatable bonds is 4. The van der Waals surface area contributed by atoms with E-state index in [2.05, 4.69) is 17.3 Å². The van der Waals surface area contributed by atoms with Crippen LogP contribution in [-0.2, 0) is 9.59 Å². The maximum absolute atomic E-state index is 12.1. The highest BCUT2D eigenvalue weighted by Crippen LogP contribution is 2.31. The molecular formula is C13H21N3O2. The molecule has 1 saturated carbocycles. The van der Waals surface area contributed by atoms with Gasteiger partial charge in [-0.15, -0.1) is 0 Å². The second-order valence-corrected chi connectivity index (χ2v) is 5.77. The molecule has 2 aliphatic heterocycles. The lowest BCUT2D eigenvalue weighted by atomic mass is 10.2. The summed E-state index contributed by atoms with van der Waals surface area (Å²) >= 11 is 0. The van der Waals surface area contributed by atoms with E-state index in [0.29, 0.717) is 12.5 Å². The molecule has 5 heteroatoms. The Bertz CT molecular complexity index is 367. The van der Waals surface area contributed by atoms with Gasteiger partial charge in [0.1, 0.15) is 0 Å². The van der Waals surface area contributed by atoms with Crippen molar-refractivity contribution in [3.05, 3.63) is 0 Å². The van der Waals surface area contributed by atoms with Crippen LogP contribution >= 0.6 is 0 Å². The quantitative estimate of drug-likeness (QED) is 0.712. The van der Waals surface area contributed by atoms with E-state index in [1.54, 1.807) is 0 Å². The Morgan fingerprint density at radius 1 is 1.28 bits per heavy atom. The van der Waals surface area contributed by atoms with Crippen molar-refractivity contribution in [1.82, 2.24) is 15.1 Å². The average Bonchev–Trinajstić information content (AvgIpc) is 3.01. The van der Waals surface area contributed by atoms with E-state index in [-0.39, 0.29) is 23.9 Å². The molecule has 2 unspecified atom stereocenters. The lowest BCUT2D eigenvalue weighted by molar-refractivity contribution is -0.139. The zero-order valence-electron chi connectivity index (χ0n) is 10.9. The SMILES string of the molecule is CN1CCCC1CNC1CC(=O)N(C2CC2)C1=O. The van der Waals surface area contributed by atoms with E-state index < -0.39 is 0 Å². The zero-order valence-corrected chi connectivity index (χ0v) is 10.9. The summed E-state index contributed by atoms with van der Waals surface area (Å²) in [6.45, 7) is 1.96. The maximum Gasteiger partial charge on any atom is 0.247 e. The van der Waals surface area contributed by atoms with Gasteiger partial charge in [0.05, 0.1) is 12.5 Å². The summed E-state index contributed by atoms with van der Waals surface area (Å²) < 4.78 is 0. The first kappa shape index (κ1) is 12.1. The van der Waals surface area contributed by atoms with E-state index in [1.807, 2.05) is 0 Å². The summed E-state index contributed by atoms with van der Waals surface area (Å²) in [6, 6.07) is 0.459. The molecule has 0 aromatic carbocycles. The molecule has 2 saturated heterocycles. The number of hydrogen-bond donors (Lipinski definition) is 1. The van der Waals surface area contributed by atoms with E-state index in [1.165, 1.54) is 17.7 Å². The molecular weight excluding hydrogens is 230 g/mol. The van der Waals surface area contributed by atoms with Gasteiger partial charge in [-0.3, -0.25) is 14.5 Å². The number of likely N-dealkylation sites (N-methyl/N-ethyl adjacent to an activating group) is 1. The number of hydrogen-bond acceptors (Lipinski definition) is 4. The fraction of sp³-hybridized carbons (Fsp3) is 0.846. The number of imide groups is 1. The second-order valence-electron chi connectivity index (χ2n) is 5.77. The first-order valence-electron chi connectivity index (χ1n) is 6.96. The molecule has 2 amide bonds. The smallest absolute Gasteiger partial charge is 0.247 e. The third kappa shape index (κ3) is 2.17. The minimum absolute atomic E-state index is 0.00292. The van der Waals surface area contributed by atoms with Gasteiger partial charge in [0, 0.05) is 18.6 Å². The van der Waals surface area contributed by atoms with Crippen LogP contribution in [0.15, 0.2) is 0 Å². The lowest BCUT2D eigenvalue weighted by Crippen LogP contribution is -2.44. The van der Waals surface area contributed by atoms with Gasteiger partial charge in [-0.25, -0.2) is 0 Å². The Kier molecular flexibility index (Phi) is 3.11. The summed E-state index contributed by atoms with van der Waals surface area (Å²) in [5, 5.41) is 3.29. The second kappa shape index (κ2) is 4.63. The van der Waals surface area contributed by atoms with Crippen molar-refractivity contribution in [2.24, 2.45) is 0 Å². The van der Waals surface area contributed by atoms with Crippen LogP contribution in [0, 0.1) is 0 Å². The van der Waals surface area contributed by atoms with Crippen molar-refractivity contribution in [3.63, 3.8) is 0 Å². The van der Waals surface area contributed by atoms with E-state index in [4.69, 9.17) is 0 Å². The van der Waals surface area contributed by atoms with Crippen molar-refractivity contribution in [2.45, 2.75) is 50.2 Å². The van der Waals surface area contributed by atoms with Crippen LogP contribution in [0.5, 0.6) is 0 Å². The molecule has 0 bridgehead atoms. The van der Waals surface area contributed by atoms with Gasteiger partial charge in [-0.1, -0.05) is 0 Å². The molecule has 0 aromatic heterocycles. The van der Waals surface area contributed by atoms with Crippen LogP contribution < -0.4 is 5.32 Å². The lowest BCUT2D eigenvalue weighted by Gasteiger charge is -2.21. The average molecular weight is 251 g/mol. The summed E-state index contributed by atoms with van der Waals surface area (Å²) in [5.41, 5.74) is 0. The Morgan fingerprint density at radius 2 is 2.06 bits per heavy atom. The predicted octanol–water partition coefficient (Wildman–Crippen LogP) is -0.0399. The number of carbonyl (C=O) groups excluding carboxylic acids is 2. The Morgan fingerprint density at radius 3 is 2.67 bits per heavy atom. The number of carbonyl (C=O) groups is 2. The van der Waals surface area contributed by atoms with E-state index in [0.717, 1.165) is 25.9 Å². The van der Waals surface area contributed by atoms with Gasteiger partial charge >= 0.3 is 0 Å². The number of likely N-dealkylation sites (tertiary alicyclic amines) is 2. The molecule has 3 aliphatic rings. The van der Waals surface area contributed by atoms with Crippen molar-refractivity contribution in [2.75, 3.05) is 20.1 Å². The van der Waals surface area contributed by atoms with Gasteiger partial charge in [-0.05, 0) is 39.3 Å². The van der Waals surface area contributed by atoms with Gasteiger partial charge in [0.2, 0.25) is 11.8 Å². The summed E-state index contributed by atoms with van der Waals surface area (Å²) in [7, 11) is 2.12. The van der Waals surface area contributed by atoms with Crippen LogP contribution in [0.1, 0.15) is 32.1 Å². The van der Waals surface area contributed by atoms with Gasteiger partial charge < -0.3 is 10.2 Å². The number of nitrogens with zero attached hydrogens (tertiary/aromatic N) is 2. The third-order valence-electron chi connectivity index (χ3n) is 4.37. The molecule has 2 atom stereocenters. The summed E-state index contributed by atoms with van der Waals surface area (Å²) in [5.74, 6) is 0.0166. The predicted molar refractivity (Wildman–Crippen MR) is 66.9 cm³/mol. The molecule has 1 N–H and O–H groups in total. The van der Waals surface area contributed by atoms with Crippen LogP contribution in [-0.4, -0.2) is 59.9 Å². The molecule has 1 aliphatic carbocycles. The molecule has 0 spiro atoms. The number of amides is 2. The topological polar surface area (TPSA) is 52.7 Å². The number of nitrogens with one attached hydrogen (secondary N) is 1. The first-order chi connectivity index (χ1) is 8.66. The Balaban J connectivity index is 1.54. The summed E-state index contributed by atoms with van der Waals surface area (Å²) in [4.78, 5) is 27.7. The Hall–Kier alpha value is -0.940. The largest absolute Gasteiger partial charge is 0.304 e.